The number of hydrogen-bond acceptors (Lipinski definition) is 4. The number of aliphatic carboxylic acids is 1. The van der Waals surface area contributed by atoms with Crippen molar-refractivity contribution in [1.29, 1.82) is 0 Å². The molecule has 1 heterocycles. The molecule has 0 radical (unpaired) electrons. The standard InChI is InChI=1S/C16H17NO5/c18-13-7-6-11-12(13)8-17(14(11)15(19)20)16(21)22-9-10-4-2-1-3-5-10/h1-7,11-14,18H,8-9H2,(H,19,20). The van der Waals surface area contributed by atoms with Crippen molar-refractivity contribution in [1.82, 2.24) is 4.90 Å². The van der Waals surface area contributed by atoms with Crippen LogP contribution in [-0.2, 0) is 16.1 Å². The summed E-state index contributed by atoms with van der Waals surface area (Å²) in [6.45, 7) is 0.277. The highest BCUT2D eigenvalue weighted by atomic mass is 16.6. The maximum Gasteiger partial charge on any atom is 0.410 e. The Labute approximate surface area is 127 Å². The third-order valence-electron chi connectivity index (χ3n) is 4.26. The number of ether oxygens (including phenoxy) is 1. The quantitative estimate of drug-likeness (QED) is 0.821. The van der Waals surface area contributed by atoms with Crippen LogP contribution in [0.15, 0.2) is 42.5 Å². The van der Waals surface area contributed by atoms with E-state index < -0.39 is 24.2 Å². The normalized spacial score (nSPS) is 29.4. The van der Waals surface area contributed by atoms with Gasteiger partial charge in [0.1, 0.15) is 12.6 Å². The zero-order valence-electron chi connectivity index (χ0n) is 11.8. The second kappa shape index (κ2) is 5.81. The molecular weight excluding hydrogens is 286 g/mol. The fraction of sp³-hybridized carbons (Fsp3) is 0.375. The van der Waals surface area contributed by atoms with Crippen LogP contribution in [0.25, 0.3) is 0 Å². The lowest BCUT2D eigenvalue weighted by atomic mass is 9.93. The van der Waals surface area contributed by atoms with Crippen LogP contribution in [0.5, 0.6) is 0 Å². The predicted octanol–water partition coefficient (Wildman–Crippen LogP) is 1.26. The molecular formula is C16H17NO5. The van der Waals surface area contributed by atoms with Gasteiger partial charge < -0.3 is 14.9 Å². The summed E-state index contributed by atoms with van der Waals surface area (Å²) in [4.78, 5) is 24.9. The Morgan fingerprint density at radius 2 is 1.95 bits per heavy atom. The third kappa shape index (κ3) is 2.57. The van der Waals surface area contributed by atoms with Crippen LogP contribution in [-0.4, -0.2) is 45.9 Å². The van der Waals surface area contributed by atoms with Gasteiger partial charge in [0.15, 0.2) is 0 Å². The molecule has 22 heavy (non-hydrogen) atoms. The van der Waals surface area contributed by atoms with Crippen molar-refractivity contribution in [2.75, 3.05) is 6.54 Å². The number of carbonyl (C=O) groups is 2. The number of carbonyl (C=O) groups excluding carboxylic acids is 1. The Bertz CT molecular complexity index is 600. The minimum atomic E-state index is -1.08. The molecule has 1 aromatic rings. The molecule has 1 aliphatic carbocycles. The fourth-order valence-corrected chi connectivity index (χ4v) is 3.16. The number of aliphatic hydroxyl groups is 1. The average molecular weight is 303 g/mol. The molecule has 0 aromatic heterocycles. The van der Waals surface area contributed by atoms with Gasteiger partial charge in [-0.15, -0.1) is 0 Å². The molecule has 1 saturated heterocycles. The van der Waals surface area contributed by atoms with E-state index in [2.05, 4.69) is 0 Å². The Hall–Kier alpha value is -2.34. The largest absolute Gasteiger partial charge is 0.480 e. The summed E-state index contributed by atoms with van der Waals surface area (Å²) in [5.74, 6) is -1.72. The molecule has 1 fully saturated rings. The molecule has 1 aliphatic heterocycles. The zero-order chi connectivity index (χ0) is 15.7. The van der Waals surface area contributed by atoms with Crippen molar-refractivity contribution >= 4 is 12.1 Å². The number of benzene rings is 1. The van der Waals surface area contributed by atoms with E-state index in [1.165, 1.54) is 4.90 Å². The van der Waals surface area contributed by atoms with Crippen molar-refractivity contribution < 1.29 is 24.5 Å². The molecule has 116 valence electrons. The zero-order valence-corrected chi connectivity index (χ0v) is 11.8. The molecule has 3 rings (SSSR count). The van der Waals surface area contributed by atoms with E-state index >= 15 is 0 Å². The summed E-state index contributed by atoms with van der Waals surface area (Å²) in [7, 11) is 0. The van der Waals surface area contributed by atoms with Gasteiger partial charge in [0.05, 0.1) is 6.10 Å². The monoisotopic (exact) mass is 303 g/mol. The third-order valence-corrected chi connectivity index (χ3v) is 4.26. The average Bonchev–Trinajstić information content (AvgIpc) is 3.06. The second-order valence-electron chi connectivity index (χ2n) is 5.59. The van der Waals surface area contributed by atoms with Gasteiger partial charge in [-0.25, -0.2) is 9.59 Å². The second-order valence-corrected chi connectivity index (χ2v) is 5.59. The Morgan fingerprint density at radius 1 is 1.23 bits per heavy atom. The van der Waals surface area contributed by atoms with Crippen LogP contribution < -0.4 is 0 Å². The number of fused-ring (bicyclic) bond motifs is 1. The van der Waals surface area contributed by atoms with E-state index in [0.717, 1.165) is 5.56 Å². The minimum absolute atomic E-state index is 0.0935. The summed E-state index contributed by atoms with van der Waals surface area (Å²) in [6.07, 6.45) is 1.90. The number of rotatable bonds is 3. The van der Waals surface area contributed by atoms with Crippen LogP contribution in [0.2, 0.25) is 0 Å². The van der Waals surface area contributed by atoms with Gasteiger partial charge in [-0.2, -0.15) is 0 Å². The first-order valence-electron chi connectivity index (χ1n) is 7.14. The lowest BCUT2D eigenvalue weighted by molar-refractivity contribution is -0.142. The molecule has 1 aromatic carbocycles. The number of aliphatic hydroxyl groups excluding tert-OH is 1. The first-order valence-corrected chi connectivity index (χ1v) is 7.14. The van der Waals surface area contributed by atoms with E-state index in [9.17, 15) is 19.8 Å². The maximum absolute atomic E-state index is 12.2. The molecule has 6 nitrogen and oxygen atoms in total. The minimum Gasteiger partial charge on any atom is -0.480 e. The van der Waals surface area contributed by atoms with Crippen molar-refractivity contribution in [3.8, 4) is 0 Å². The molecule has 4 unspecified atom stereocenters. The molecule has 0 saturated carbocycles. The van der Waals surface area contributed by atoms with Crippen molar-refractivity contribution in [3.63, 3.8) is 0 Å². The number of nitrogens with zero attached hydrogens (tertiary/aromatic N) is 1. The summed E-state index contributed by atoms with van der Waals surface area (Å²) < 4.78 is 5.21. The number of carboxylic acid groups (broad SMARTS) is 1. The van der Waals surface area contributed by atoms with Gasteiger partial charge in [0.25, 0.3) is 0 Å². The molecule has 6 heteroatoms. The fourth-order valence-electron chi connectivity index (χ4n) is 3.16. The SMILES string of the molecule is O=C(O)C1C2C=CC(O)C2CN1C(=O)OCc1ccccc1. The van der Waals surface area contributed by atoms with Crippen LogP contribution in [0.3, 0.4) is 0 Å². The smallest absolute Gasteiger partial charge is 0.410 e. The van der Waals surface area contributed by atoms with Crippen molar-refractivity contribution in [2.24, 2.45) is 11.8 Å². The van der Waals surface area contributed by atoms with E-state index in [1.54, 1.807) is 12.2 Å². The van der Waals surface area contributed by atoms with E-state index in [1.807, 2.05) is 30.3 Å². The van der Waals surface area contributed by atoms with Gasteiger partial charge >= 0.3 is 12.1 Å². The topological polar surface area (TPSA) is 87.1 Å². The van der Waals surface area contributed by atoms with E-state index in [0.29, 0.717) is 0 Å². The van der Waals surface area contributed by atoms with Gasteiger partial charge in [-0.3, -0.25) is 4.90 Å². The molecule has 2 N–H and O–H groups in total. The van der Waals surface area contributed by atoms with Gasteiger partial charge in [-0.05, 0) is 5.56 Å². The van der Waals surface area contributed by atoms with Gasteiger partial charge in [-0.1, -0.05) is 42.5 Å². The van der Waals surface area contributed by atoms with Gasteiger partial charge in [0.2, 0.25) is 0 Å². The molecule has 0 bridgehead atoms. The molecule has 1 amide bonds. The number of hydrogen-bond donors (Lipinski definition) is 2. The number of likely N-dealkylation sites (tertiary alicyclic amines) is 1. The van der Waals surface area contributed by atoms with Gasteiger partial charge in [0, 0.05) is 18.4 Å². The number of carboxylic acids is 1. The van der Waals surface area contributed by atoms with Crippen LogP contribution in [0, 0.1) is 11.8 Å². The highest BCUT2D eigenvalue weighted by Crippen LogP contribution is 2.38. The summed E-state index contributed by atoms with van der Waals surface area (Å²) in [6, 6.07) is 8.21. The van der Waals surface area contributed by atoms with Crippen LogP contribution in [0.1, 0.15) is 5.56 Å². The summed E-state index contributed by atoms with van der Waals surface area (Å²) in [5, 5.41) is 19.2. The Kier molecular flexibility index (Phi) is 3.85. The van der Waals surface area contributed by atoms with E-state index in [4.69, 9.17) is 4.74 Å². The maximum atomic E-state index is 12.2. The lowest BCUT2D eigenvalue weighted by Gasteiger charge is -2.22. The van der Waals surface area contributed by atoms with Crippen molar-refractivity contribution in [2.45, 2.75) is 18.8 Å². The highest BCUT2D eigenvalue weighted by molar-refractivity contribution is 5.81. The van der Waals surface area contributed by atoms with E-state index in [-0.39, 0.29) is 25.0 Å². The summed E-state index contributed by atoms with van der Waals surface area (Å²) >= 11 is 0. The summed E-state index contributed by atoms with van der Waals surface area (Å²) in [5.41, 5.74) is 0.835. The van der Waals surface area contributed by atoms with Crippen LogP contribution in [0.4, 0.5) is 4.79 Å². The lowest BCUT2D eigenvalue weighted by Crippen LogP contribution is -2.43. The Morgan fingerprint density at radius 3 is 2.64 bits per heavy atom. The molecule has 2 aliphatic rings. The van der Waals surface area contributed by atoms with Crippen molar-refractivity contribution in [3.05, 3.63) is 48.0 Å². The van der Waals surface area contributed by atoms with Crippen LogP contribution >= 0.6 is 0 Å². The number of amides is 1. The first-order chi connectivity index (χ1) is 10.6. The molecule has 0 spiro atoms. The first kappa shape index (κ1) is 14.6. The highest BCUT2D eigenvalue weighted by Gasteiger charge is 2.51. The predicted molar refractivity (Wildman–Crippen MR) is 76.9 cm³/mol. The Balaban J connectivity index is 1.69. The molecule has 4 atom stereocenters.